The molecule has 0 aromatic heterocycles. The molecule has 0 atom stereocenters. The number of rotatable bonds is 5. The minimum absolute atomic E-state index is 0.0268. The summed E-state index contributed by atoms with van der Waals surface area (Å²) >= 11 is 4.28. The Hall–Kier alpha value is -1.68. The maximum Gasteiger partial charge on any atom is 0.186 e. The normalized spacial score (nSPS) is 13.5. The van der Waals surface area contributed by atoms with Crippen molar-refractivity contribution in [3.63, 3.8) is 0 Å². The van der Waals surface area contributed by atoms with E-state index in [0.29, 0.717) is 28.0 Å². The lowest BCUT2D eigenvalue weighted by atomic mass is 9.91. The summed E-state index contributed by atoms with van der Waals surface area (Å²) in [5.74, 6) is -0.489. The van der Waals surface area contributed by atoms with Crippen LogP contribution in [0.15, 0.2) is 29.2 Å². The number of carbonyl (C=O) groups is 3. The highest BCUT2D eigenvalue weighted by molar-refractivity contribution is 7.80. The first-order valence-corrected chi connectivity index (χ1v) is 7.16. The highest BCUT2D eigenvalue weighted by atomic mass is 32.1. The number of ketones is 3. The molecule has 1 aliphatic carbocycles. The molecule has 0 fully saturated rings. The molecule has 1 aliphatic rings. The van der Waals surface area contributed by atoms with E-state index in [2.05, 4.69) is 19.6 Å². The van der Waals surface area contributed by atoms with Gasteiger partial charge < -0.3 is 0 Å². The Bertz CT molecular complexity index is 614. The predicted octanol–water partition coefficient (Wildman–Crippen LogP) is 3.67. The maximum absolute atomic E-state index is 12.2. The number of hydrogen-bond donors (Lipinski definition) is 1. The lowest BCUT2D eigenvalue weighted by Crippen LogP contribution is -2.14. The number of benzene rings is 1. The van der Waals surface area contributed by atoms with Gasteiger partial charge in [0.2, 0.25) is 0 Å². The van der Waals surface area contributed by atoms with E-state index in [4.69, 9.17) is 0 Å². The molecule has 0 saturated carbocycles. The molecule has 104 valence electrons. The Kier molecular flexibility index (Phi) is 4.55. The van der Waals surface area contributed by atoms with Crippen LogP contribution in [0.2, 0.25) is 0 Å². The molecule has 4 heteroatoms. The third-order valence-corrected chi connectivity index (χ3v) is 3.73. The van der Waals surface area contributed by atoms with Gasteiger partial charge in [-0.05, 0) is 30.7 Å². The molecule has 20 heavy (non-hydrogen) atoms. The molecule has 0 aliphatic heterocycles. The van der Waals surface area contributed by atoms with Gasteiger partial charge in [0.05, 0.1) is 0 Å². The fraction of sp³-hybridized carbons (Fsp3) is 0.312. The first-order valence-electron chi connectivity index (χ1n) is 6.71. The standard InChI is InChI=1S/C16H16O3S/c1-2-3-4-5-13(17)12-8-10-11(9-16(12)20)15(19)7-6-14(10)18/h6-9,20H,2-5H2,1H3. The van der Waals surface area contributed by atoms with Gasteiger partial charge >= 0.3 is 0 Å². The minimum Gasteiger partial charge on any atom is -0.294 e. The number of thiol groups is 1. The number of fused-ring (bicyclic) bond motifs is 1. The quantitative estimate of drug-likeness (QED) is 0.511. The van der Waals surface area contributed by atoms with Crippen molar-refractivity contribution >= 4 is 30.0 Å². The van der Waals surface area contributed by atoms with Crippen molar-refractivity contribution < 1.29 is 14.4 Å². The Morgan fingerprint density at radius 2 is 1.65 bits per heavy atom. The van der Waals surface area contributed by atoms with Gasteiger partial charge in [0.1, 0.15) is 0 Å². The Labute approximate surface area is 123 Å². The van der Waals surface area contributed by atoms with E-state index in [0.717, 1.165) is 19.3 Å². The summed E-state index contributed by atoms with van der Waals surface area (Å²) in [7, 11) is 0. The zero-order valence-corrected chi connectivity index (χ0v) is 12.2. The van der Waals surface area contributed by atoms with Crippen LogP contribution in [-0.2, 0) is 0 Å². The second kappa shape index (κ2) is 6.18. The smallest absolute Gasteiger partial charge is 0.186 e. The average Bonchev–Trinajstić information content (AvgIpc) is 2.43. The summed E-state index contributed by atoms with van der Waals surface area (Å²) in [6, 6.07) is 3.03. The molecule has 0 amide bonds. The van der Waals surface area contributed by atoms with Crippen LogP contribution < -0.4 is 0 Å². The van der Waals surface area contributed by atoms with Gasteiger partial charge in [0, 0.05) is 28.0 Å². The molecule has 0 radical (unpaired) electrons. The molecular formula is C16H16O3S. The van der Waals surface area contributed by atoms with Crippen LogP contribution in [0, 0.1) is 0 Å². The van der Waals surface area contributed by atoms with Crippen LogP contribution in [0.4, 0.5) is 0 Å². The maximum atomic E-state index is 12.2. The number of unbranched alkanes of at least 4 members (excludes halogenated alkanes) is 2. The number of hydrogen-bond acceptors (Lipinski definition) is 4. The van der Waals surface area contributed by atoms with Gasteiger partial charge in [-0.1, -0.05) is 19.8 Å². The van der Waals surface area contributed by atoms with Crippen LogP contribution in [-0.4, -0.2) is 17.3 Å². The van der Waals surface area contributed by atoms with E-state index in [9.17, 15) is 14.4 Å². The number of allylic oxidation sites excluding steroid dienone is 2. The Morgan fingerprint density at radius 3 is 2.25 bits per heavy atom. The molecule has 0 spiro atoms. The highest BCUT2D eigenvalue weighted by Crippen LogP contribution is 2.25. The molecule has 0 N–H and O–H groups in total. The van der Waals surface area contributed by atoms with Gasteiger partial charge in [0.15, 0.2) is 17.3 Å². The molecule has 0 unspecified atom stereocenters. The van der Waals surface area contributed by atoms with Crippen LogP contribution in [0.3, 0.4) is 0 Å². The van der Waals surface area contributed by atoms with Gasteiger partial charge in [-0.3, -0.25) is 14.4 Å². The SMILES string of the molecule is CCCCCC(=O)c1cc2c(cc1S)C(=O)C=CC2=O. The topological polar surface area (TPSA) is 51.2 Å². The lowest BCUT2D eigenvalue weighted by Gasteiger charge is -2.12. The van der Waals surface area contributed by atoms with Crippen molar-refractivity contribution in [3.8, 4) is 0 Å². The Morgan fingerprint density at radius 1 is 1.05 bits per heavy atom. The molecule has 0 saturated heterocycles. The van der Waals surface area contributed by atoms with Crippen LogP contribution in [0.1, 0.15) is 63.7 Å². The summed E-state index contributed by atoms with van der Waals surface area (Å²) in [5.41, 5.74) is 1.06. The number of carbonyl (C=O) groups excluding carboxylic acids is 3. The largest absolute Gasteiger partial charge is 0.294 e. The lowest BCUT2D eigenvalue weighted by molar-refractivity contribution is 0.0972. The van der Waals surface area contributed by atoms with Crippen LogP contribution in [0.25, 0.3) is 0 Å². The second-order valence-electron chi connectivity index (χ2n) is 4.86. The summed E-state index contributed by atoms with van der Waals surface area (Å²) in [6.45, 7) is 2.07. The van der Waals surface area contributed by atoms with Crippen molar-refractivity contribution in [2.45, 2.75) is 37.5 Å². The van der Waals surface area contributed by atoms with E-state index in [-0.39, 0.29) is 17.3 Å². The molecule has 2 rings (SSSR count). The molecule has 1 aromatic carbocycles. The molecule has 0 heterocycles. The highest BCUT2D eigenvalue weighted by Gasteiger charge is 2.22. The predicted molar refractivity (Wildman–Crippen MR) is 80.0 cm³/mol. The first-order chi connectivity index (χ1) is 9.54. The van der Waals surface area contributed by atoms with E-state index in [1.807, 2.05) is 0 Å². The van der Waals surface area contributed by atoms with Crippen molar-refractivity contribution in [1.82, 2.24) is 0 Å². The third-order valence-electron chi connectivity index (χ3n) is 3.36. The van der Waals surface area contributed by atoms with E-state index in [1.54, 1.807) is 0 Å². The zero-order chi connectivity index (χ0) is 14.7. The molecule has 0 bridgehead atoms. The molecule has 3 nitrogen and oxygen atoms in total. The van der Waals surface area contributed by atoms with E-state index in [1.165, 1.54) is 24.3 Å². The fourth-order valence-electron chi connectivity index (χ4n) is 2.22. The van der Waals surface area contributed by atoms with Gasteiger partial charge in [-0.25, -0.2) is 0 Å². The van der Waals surface area contributed by atoms with Crippen molar-refractivity contribution in [3.05, 3.63) is 41.0 Å². The molecule has 1 aromatic rings. The molecular weight excluding hydrogens is 272 g/mol. The summed E-state index contributed by atoms with van der Waals surface area (Å²) in [5, 5.41) is 0. The van der Waals surface area contributed by atoms with Crippen LogP contribution >= 0.6 is 12.6 Å². The summed E-state index contributed by atoms with van der Waals surface area (Å²) in [6.07, 6.45) is 5.81. The fourth-order valence-corrected chi connectivity index (χ4v) is 2.54. The van der Waals surface area contributed by atoms with E-state index < -0.39 is 0 Å². The average molecular weight is 288 g/mol. The van der Waals surface area contributed by atoms with Crippen LogP contribution in [0.5, 0.6) is 0 Å². The van der Waals surface area contributed by atoms with Gasteiger partial charge in [-0.2, -0.15) is 0 Å². The number of Topliss-reactive ketones (excluding diaryl/α,β-unsaturated/α-hetero) is 1. The van der Waals surface area contributed by atoms with Gasteiger partial charge in [0.25, 0.3) is 0 Å². The summed E-state index contributed by atoms with van der Waals surface area (Å²) < 4.78 is 0. The Balaban J connectivity index is 2.33. The monoisotopic (exact) mass is 288 g/mol. The second-order valence-corrected chi connectivity index (χ2v) is 5.34. The zero-order valence-electron chi connectivity index (χ0n) is 11.3. The summed E-state index contributed by atoms with van der Waals surface area (Å²) in [4.78, 5) is 36.1. The minimum atomic E-state index is -0.240. The van der Waals surface area contributed by atoms with E-state index >= 15 is 0 Å². The van der Waals surface area contributed by atoms with Gasteiger partial charge in [-0.15, -0.1) is 12.6 Å². The van der Waals surface area contributed by atoms with Crippen molar-refractivity contribution in [2.75, 3.05) is 0 Å². The third kappa shape index (κ3) is 2.90. The van der Waals surface area contributed by atoms with Crippen molar-refractivity contribution in [2.24, 2.45) is 0 Å². The van der Waals surface area contributed by atoms with Crippen molar-refractivity contribution in [1.29, 1.82) is 0 Å². The first kappa shape index (κ1) is 14.7.